The summed E-state index contributed by atoms with van der Waals surface area (Å²) in [7, 11) is 0. The maximum atomic E-state index is 13.5. The summed E-state index contributed by atoms with van der Waals surface area (Å²) in [4.78, 5) is 35.6. The van der Waals surface area contributed by atoms with Crippen LogP contribution in [-0.4, -0.2) is 34.7 Å². The average molecular weight is 360 g/mol. The maximum absolute atomic E-state index is 13.5. The maximum Gasteiger partial charge on any atom is 0.271 e. The zero-order valence-corrected chi connectivity index (χ0v) is 14.5. The molecule has 2 amide bonds. The van der Waals surface area contributed by atoms with Crippen LogP contribution in [0.5, 0.6) is 0 Å². The minimum atomic E-state index is -0.604. The van der Waals surface area contributed by atoms with E-state index in [0.29, 0.717) is 6.54 Å². The number of unbranched alkanes of at least 4 members (excludes halogenated alkanes) is 1. The number of halogens is 1. The molecule has 138 valence electrons. The molecule has 1 aromatic heterocycles. The molecule has 2 rings (SSSR count). The van der Waals surface area contributed by atoms with Gasteiger partial charge in [-0.05, 0) is 24.6 Å². The molecule has 0 aliphatic heterocycles. The fourth-order valence-electron chi connectivity index (χ4n) is 2.22. The highest BCUT2D eigenvalue weighted by Crippen LogP contribution is 2.05. The third kappa shape index (κ3) is 5.23. The van der Waals surface area contributed by atoms with Gasteiger partial charge in [0.15, 0.2) is 0 Å². The fraction of sp³-hybridized carbons (Fsp3) is 0.333. The second-order valence-electron chi connectivity index (χ2n) is 5.63. The van der Waals surface area contributed by atoms with Crippen molar-refractivity contribution in [2.45, 2.75) is 26.3 Å². The number of hydrogen-bond donors (Lipinski definition) is 2. The van der Waals surface area contributed by atoms with Gasteiger partial charge in [-0.3, -0.25) is 14.4 Å². The third-order valence-corrected chi connectivity index (χ3v) is 3.64. The van der Waals surface area contributed by atoms with E-state index in [-0.39, 0.29) is 29.9 Å². The van der Waals surface area contributed by atoms with Crippen molar-refractivity contribution in [2.24, 2.45) is 0 Å². The summed E-state index contributed by atoms with van der Waals surface area (Å²) in [6.07, 6.45) is 1.70. The van der Waals surface area contributed by atoms with Gasteiger partial charge in [0.25, 0.3) is 17.4 Å². The number of nitrogens with zero attached hydrogens (tertiary/aromatic N) is 2. The highest BCUT2D eigenvalue weighted by Gasteiger charge is 2.11. The molecule has 0 unspecified atom stereocenters. The lowest BCUT2D eigenvalue weighted by Crippen LogP contribution is -2.36. The van der Waals surface area contributed by atoms with Crippen molar-refractivity contribution in [3.05, 3.63) is 63.8 Å². The zero-order valence-electron chi connectivity index (χ0n) is 14.5. The smallest absolute Gasteiger partial charge is 0.271 e. The van der Waals surface area contributed by atoms with Crippen molar-refractivity contribution >= 4 is 11.8 Å². The standard InChI is InChI=1S/C18H21FN4O3/c1-2-3-12-23-16(24)9-8-15(22-23)18(26)21-11-10-20-17(25)13-6-4-5-7-14(13)19/h4-9H,2-3,10-12H2,1H3,(H,20,25)(H,21,26). The molecule has 0 aliphatic rings. The summed E-state index contributed by atoms with van der Waals surface area (Å²) < 4.78 is 14.8. The fourth-order valence-corrected chi connectivity index (χ4v) is 2.22. The van der Waals surface area contributed by atoms with E-state index in [1.165, 1.54) is 35.0 Å². The second-order valence-corrected chi connectivity index (χ2v) is 5.63. The molecule has 0 saturated heterocycles. The van der Waals surface area contributed by atoms with Crippen molar-refractivity contribution in [3.63, 3.8) is 0 Å². The van der Waals surface area contributed by atoms with Gasteiger partial charge in [0, 0.05) is 25.7 Å². The average Bonchev–Trinajstić information content (AvgIpc) is 2.64. The molecule has 1 heterocycles. The Kier molecular flexibility index (Phi) is 7.02. The van der Waals surface area contributed by atoms with Crippen LogP contribution in [0.15, 0.2) is 41.2 Å². The Labute approximate surface area is 150 Å². The summed E-state index contributed by atoms with van der Waals surface area (Å²) in [5.74, 6) is -1.61. The first kappa shape index (κ1) is 19.3. The van der Waals surface area contributed by atoms with Gasteiger partial charge in [0.1, 0.15) is 11.5 Å². The highest BCUT2D eigenvalue weighted by atomic mass is 19.1. The number of rotatable bonds is 8. The normalized spacial score (nSPS) is 10.4. The summed E-state index contributed by atoms with van der Waals surface area (Å²) >= 11 is 0. The minimum Gasteiger partial charge on any atom is -0.350 e. The van der Waals surface area contributed by atoms with Gasteiger partial charge in [0.2, 0.25) is 0 Å². The molecule has 0 atom stereocenters. The van der Waals surface area contributed by atoms with Crippen molar-refractivity contribution in [2.75, 3.05) is 13.1 Å². The molecular weight excluding hydrogens is 339 g/mol. The summed E-state index contributed by atoms with van der Waals surface area (Å²) in [6.45, 7) is 2.73. The van der Waals surface area contributed by atoms with Crippen LogP contribution in [0, 0.1) is 5.82 Å². The topological polar surface area (TPSA) is 93.1 Å². The van der Waals surface area contributed by atoms with Gasteiger partial charge < -0.3 is 10.6 Å². The monoisotopic (exact) mass is 360 g/mol. The Bertz CT molecular complexity index is 835. The highest BCUT2D eigenvalue weighted by molar-refractivity contribution is 5.94. The van der Waals surface area contributed by atoms with Crippen molar-refractivity contribution in [3.8, 4) is 0 Å². The first-order chi connectivity index (χ1) is 12.5. The van der Waals surface area contributed by atoms with E-state index in [9.17, 15) is 18.8 Å². The zero-order chi connectivity index (χ0) is 18.9. The lowest BCUT2D eigenvalue weighted by atomic mass is 10.2. The number of benzene rings is 1. The van der Waals surface area contributed by atoms with Crippen molar-refractivity contribution in [1.82, 2.24) is 20.4 Å². The van der Waals surface area contributed by atoms with E-state index in [4.69, 9.17) is 0 Å². The Morgan fingerprint density at radius 1 is 1.08 bits per heavy atom. The lowest BCUT2D eigenvalue weighted by Gasteiger charge is -2.09. The van der Waals surface area contributed by atoms with Gasteiger partial charge in [0.05, 0.1) is 5.56 Å². The van der Waals surface area contributed by atoms with E-state index >= 15 is 0 Å². The van der Waals surface area contributed by atoms with Crippen LogP contribution in [0.2, 0.25) is 0 Å². The van der Waals surface area contributed by atoms with Crippen molar-refractivity contribution in [1.29, 1.82) is 0 Å². The lowest BCUT2D eigenvalue weighted by molar-refractivity contribution is 0.0921. The second kappa shape index (κ2) is 9.45. The predicted molar refractivity (Wildman–Crippen MR) is 94.5 cm³/mol. The quantitative estimate of drug-likeness (QED) is 0.695. The molecule has 2 N–H and O–H groups in total. The number of amides is 2. The Balaban J connectivity index is 1.84. The van der Waals surface area contributed by atoms with E-state index in [2.05, 4.69) is 15.7 Å². The molecule has 0 spiro atoms. The number of carbonyl (C=O) groups excluding carboxylic acids is 2. The van der Waals surface area contributed by atoms with Gasteiger partial charge in [-0.15, -0.1) is 0 Å². The van der Waals surface area contributed by atoms with Gasteiger partial charge in [-0.1, -0.05) is 25.5 Å². The molecule has 0 radical (unpaired) electrons. The van der Waals surface area contributed by atoms with Crippen LogP contribution < -0.4 is 16.2 Å². The molecule has 1 aromatic carbocycles. The number of hydrogen-bond acceptors (Lipinski definition) is 4. The third-order valence-electron chi connectivity index (χ3n) is 3.64. The number of carbonyl (C=O) groups is 2. The van der Waals surface area contributed by atoms with Crippen LogP contribution in [0.3, 0.4) is 0 Å². The molecule has 0 aliphatic carbocycles. The molecule has 26 heavy (non-hydrogen) atoms. The van der Waals surface area contributed by atoms with Crippen LogP contribution in [0.4, 0.5) is 4.39 Å². The minimum absolute atomic E-state index is 0.0523. The summed E-state index contributed by atoms with van der Waals surface area (Å²) in [5.41, 5.74) is -0.184. The first-order valence-electron chi connectivity index (χ1n) is 8.42. The Hall–Kier alpha value is -3.03. The van der Waals surface area contributed by atoms with Crippen LogP contribution in [-0.2, 0) is 6.54 Å². The van der Waals surface area contributed by atoms with E-state index in [0.717, 1.165) is 12.8 Å². The van der Waals surface area contributed by atoms with Crippen LogP contribution in [0.1, 0.15) is 40.6 Å². The van der Waals surface area contributed by atoms with Crippen LogP contribution in [0.25, 0.3) is 0 Å². The largest absolute Gasteiger partial charge is 0.350 e. The van der Waals surface area contributed by atoms with E-state index < -0.39 is 17.6 Å². The van der Waals surface area contributed by atoms with Gasteiger partial charge in [-0.25, -0.2) is 9.07 Å². The Morgan fingerprint density at radius 3 is 2.46 bits per heavy atom. The summed E-state index contributed by atoms with van der Waals surface area (Å²) in [6, 6.07) is 8.32. The van der Waals surface area contributed by atoms with E-state index in [1.807, 2.05) is 6.92 Å². The molecule has 0 saturated carbocycles. The summed E-state index contributed by atoms with van der Waals surface area (Å²) in [5, 5.41) is 9.16. The molecule has 7 nitrogen and oxygen atoms in total. The molecule has 0 fully saturated rings. The van der Waals surface area contributed by atoms with E-state index in [1.54, 1.807) is 6.07 Å². The molecule has 2 aromatic rings. The van der Waals surface area contributed by atoms with Gasteiger partial charge in [-0.2, -0.15) is 5.10 Å². The predicted octanol–water partition coefficient (Wildman–Crippen LogP) is 1.34. The molecule has 8 heteroatoms. The number of nitrogens with one attached hydrogen (secondary N) is 2. The van der Waals surface area contributed by atoms with Crippen molar-refractivity contribution < 1.29 is 14.0 Å². The van der Waals surface area contributed by atoms with Gasteiger partial charge >= 0.3 is 0 Å². The SMILES string of the molecule is CCCCn1nc(C(=O)NCCNC(=O)c2ccccc2F)ccc1=O. The molecule has 0 bridgehead atoms. The number of aryl methyl sites for hydroxylation is 1. The Morgan fingerprint density at radius 2 is 1.77 bits per heavy atom. The molecular formula is C18H21FN4O3. The number of aromatic nitrogens is 2. The van der Waals surface area contributed by atoms with Crippen LogP contribution >= 0.6 is 0 Å². The first-order valence-corrected chi connectivity index (χ1v) is 8.42.